The van der Waals surface area contributed by atoms with E-state index in [1.807, 2.05) is 24.5 Å². The average molecular weight is 316 g/mol. The third kappa shape index (κ3) is 2.43. The SMILES string of the molecule is N#Cc1cc(-c2c[nH]c3ncc(C4=CCNCC4)cc23)ccc1O. The molecule has 1 aromatic carbocycles. The van der Waals surface area contributed by atoms with Crippen LogP contribution in [0.3, 0.4) is 0 Å². The first-order valence-corrected chi connectivity index (χ1v) is 7.87. The zero-order chi connectivity index (χ0) is 16.5. The molecule has 1 aliphatic rings. The van der Waals surface area contributed by atoms with Gasteiger partial charge in [0, 0.05) is 29.9 Å². The smallest absolute Gasteiger partial charge is 0.137 e. The Morgan fingerprint density at radius 3 is 2.92 bits per heavy atom. The zero-order valence-corrected chi connectivity index (χ0v) is 13.0. The first-order chi connectivity index (χ1) is 11.8. The first-order valence-electron chi connectivity index (χ1n) is 7.87. The molecule has 0 unspecified atom stereocenters. The number of H-pyrrole nitrogens is 1. The molecule has 0 atom stereocenters. The van der Waals surface area contributed by atoms with Gasteiger partial charge in [0.25, 0.3) is 0 Å². The van der Waals surface area contributed by atoms with Gasteiger partial charge in [-0.25, -0.2) is 4.98 Å². The van der Waals surface area contributed by atoms with Crippen LogP contribution in [0.1, 0.15) is 17.5 Å². The Hall–Kier alpha value is -3.10. The molecule has 5 nitrogen and oxygen atoms in total. The summed E-state index contributed by atoms with van der Waals surface area (Å²) in [4.78, 5) is 7.71. The molecule has 4 rings (SSSR count). The van der Waals surface area contributed by atoms with E-state index in [9.17, 15) is 5.11 Å². The Bertz CT molecular complexity index is 994. The Morgan fingerprint density at radius 2 is 2.12 bits per heavy atom. The van der Waals surface area contributed by atoms with E-state index in [-0.39, 0.29) is 11.3 Å². The van der Waals surface area contributed by atoms with E-state index in [0.717, 1.165) is 47.2 Å². The summed E-state index contributed by atoms with van der Waals surface area (Å²) in [6, 6.07) is 9.23. The van der Waals surface area contributed by atoms with Crippen LogP contribution >= 0.6 is 0 Å². The van der Waals surface area contributed by atoms with E-state index in [0.29, 0.717) is 0 Å². The van der Waals surface area contributed by atoms with Gasteiger partial charge in [-0.3, -0.25) is 0 Å². The average Bonchev–Trinajstić information content (AvgIpc) is 3.06. The molecule has 0 bridgehead atoms. The quantitative estimate of drug-likeness (QED) is 0.678. The second kappa shape index (κ2) is 5.84. The highest BCUT2D eigenvalue weighted by molar-refractivity contribution is 5.95. The minimum atomic E-state index is -0.000216. The van der Waals surface area contributed by atoms with Crippen LogP contribution in [-0.2, 0) is 0 Å². The summed E-state index contributed by atoms with van der Waals surface area (Å²) >= 11 is 0. The van der Waals surface area contributed by atoms with Crippen LogP contribution in [0.5, 0.6) is 5.75 Å². The van der Waals surface area contributed by atoms with Gasteiger partial charge < -0.3 is 15.4 Å². The Balaban J connectivity index is 1.84. The van der Waals surface area contributed by atoms with E-state index >= 15 is 0 Å². The number of nitrogens with zero attached hydrogens (tertiary/aromatic N) is 2. The molecule has 3 heterocycles. The number of rotatable bonds is 2. The summed E-state index contributed by atoms with van der Waals surface area (Å²) in [6.45, 7) is 1.87. The van der Waals surface area contributed by atoms with Crippen molar-refractivity contribution >= 4 is 16.6 Å². The second-order valence-corrected chi connectivity index (χ2v) is 5.85. The van der Waals surface area contributed by atoms with E-state index in [2.05, 4.69) is 27.4 Å². The van der Waals surface area contributed by atoms with Crippen molar-refractivity contribution in [2.24, 2.45) is 0 Å². The number of aromatic hydroxyl groups is 1. The Morgan fingerprint density at radius 1 is 1.21 bits per heavy atom. The van der Waals surface area contributed by atoms with Crippen molar-refractivity contribution in [3.63, 3.8) is 0 Å². The van der Waals surface area contributed by atoms with Crippen molar-refractivity contribution in [3.8, 4) is 22.9 Å². The highest BCUT2D eigenvalue weighted by atomic mass is 16.3. The highest BCUT2D eigenvalue weighted by Gasteiger charge is 2.12. The number of nitrogens with one attached hydrogen (secondary N) is 2. The second-order valence-electron chi connectivity index (χ2n) is 5.85. The van der Waals surface area contributed by atoms with Crippen LogP contribution in [0.2, 0.25) is 0 Å². The molecule has 3 N–H and O–H groups in total. The number of fused-ring (bicyclic) bond motifs is 1. The molecule has 0 spiro atoms. The van der Waals surface area contributed by atoms with Gasteiger partial charge in [0.05, 0.1) is 5.56 Å². The third-order valence-electron chi connectivity index (χ3n) is 4.39. The molecule has 0 saturated carbocycles. The van der Waals surface area contributed by atoms with E-state index in [1.54, 1.807) is 12.1 Å². The number of phenols is 1. The number of aromatic amines is 1. The van der Waals surface area contributed by atoms with Gasteiger partial charge in [0.15, 0.2) is 0 Å². The van der Waals surface area contributed by atoms with Gasteiger partial charge in [-0.05, 0) is 47.9 Å². The number of benzene rings is 1. The minimum absolute atomic E-state index is 0.000216. The summed E-state index contributed by atoms with van der Waals surface area (Å²) in [5.41, 5.74) is 5.38. The van der Waals surface area contributed by atoms with Crippen molar-refractivity contribution < 1.29 is 5.11 Å². The van der Waals surface area contributed by atoms with Gasteiger partial charge in [-0.15, -0.1) is 0 Å². The van der Waals surface area contributed by atoms with Gasteiger partial charge in [-0.1, -0.05) is 12.1 Å². The van der Waals surface area contributed by atoms with Gasteiger partial charge >= 0.3 is 0 Å². The largest absolute Gasteiger partial charge is 0.507 e. The lowest BCUT2D eigenvalue weighted by Crippen LogP contribution is -2.20. The standard InChI is InChI=1S/C19H16N4O/c20-9-14-7-13(1-2-18(14)24)17-11-23-19-16(17)8-15(10-22-19)12-3-5-21-6-4-12/h1-3,7-8,10-11,21,24H,4-6H2,(H,22,23). The normalized spacial score (nSPS) is 14.4. The maximum absolute atomic E-state index is 9.70. The van der Waals surface area contributed by atoms with Crippen molar-refractivity contribution in [2.45, 2.75) is 6.42 Å². The lowest BCUT2D eigenvalue weighted by atomic mass is 9.98. The van der Waals surface area contributed by atoms with Gasteiger partial charge in [0.1, 0.15) is 17.5 Å². The predicted octanol–water partition coefficient (Wildman–Crippen LogP) is 3.18. The van der Waals surface area contributed by atoms with Crippen LogP contribution in [0.25, 0.3) is 27.7 Å². The number of hydrogen-bond acceptors (Lipinski definition) is 4. The first kappa shape index (κ1) is 14.5. The fraction of sp³-hybridized carbons (Fsp3) is 0.158. The summed E-state index contributed by atoms with van der Waals surface area (Å²) in [5, 5.41) is 23.2. The van der Waals surface area contributed by atoms with E-state index < -0.39 is 0 Å². The fourth-order valence-corrected chi connectivity index (χ4v) is 3.10. The summed E-state index contributed by atoms with van der Waals surface area (Å²) in [6.07, 6.45) is 6.99. The summed E-state index contributed by atoms with van der Waals surface area (Å²) < 4.78 is 0. The number of pyridine rings is 1. The summed E-state index contributed by atoms with van der Waals surface area (Å²) in [7, 11) is 0. The molecule has 0 aliphatic carbocycles. The molecule has 1 aliphatic heterocycles. The Kier molecular flexibility index (Phi) is 3.52. The maximum Gasteiger partial charge on any atom is 0.137 e. The van der Waals surface area contributed by atoms with E-state index in [4.69, 9.17) is 5.26 Å². The minimum Gasteiger partial charge on any atom is -0.507 e. The number of nitriles is 1. The van der Waals surface area contributed by atoms with Crippen molar-refractivity contribution in [2.75, 3.05) is 13.1 Å². The monoisotopic (exact) mass is 316 g/mol. The Labute approximate surface area is 139 Å². The van der Waals surface area contributed by atoms with Crippen LogP contribution in [0, 0.1) is 11.3 Å². The molecule has 24 heavy (non-hydrogen) atoms. The highest BCUT2D eigenvalue weighted by Crippen LogP contribution is 2.32. The number of aromatic nitrogens is 2. The summed E-state index contributed by atoms with van der Waals surface area (Å²) in [5.74, 6) is -0.000216. The molecule has 3 aromatic rings. The predicted molar refractivity (Wildman–Crippen MR) is 93.4 cm³/mol. The third-order valence-corrected chi connectivity index (χ3v) is 4.39. The van der Waals surface area contributed by atoms with Crippen molar-refractivity contribution in [1.82, 2.24) is 15.3 Å². The van der Waals surface area contributed by atoms with Crippen LogP contribution in [0.15, 0.2) is 42.7 Å². The zero-order valence-electron chi connectivity index (χ0n) is 13.0. The topological polar surface area (TPSA) is 84.7 Å². The van der Waals surface area contributed by atoms with Crippen molar-refractivity contribution in [1.29, 1.82) is 5.26 Å². The van der Waals surface area contributed by atoms with Crippen LogP contribution in [0.4, 0.5) is 0 Å². The molecule has 118 valence electrons. The van der Waals surface area contributed by atoms with E-state index in [1.165, 1.54) is 5.57 Å². The van der Waals surface area contributed by atoms with Crippen molar-refractivity contribution in [3.05, 3.63) is 53.9 Å². The molecule has 2 aromatic heterocycles. The maximum atomic E-state index is 9.70. The lowest BCUT2D eigenvalue weighted by Gasteiger charge is -2.14. The van der Waals surface area contributed by atoms with Gasteiger partial charge in [0.2, 0.25) is 0 Å². The molecule has 0 saturated heterocycles. The fourth-order valence-electron chi connectivity index (χ4n) is 3.10. The van der Waals surface area contributed by atoms with Crippen LogP contribution in [-0.4, -0.2) is 28.2 Å². The van der Waals surface area contributed by atoms with Crippen LogP contribution < -0.4 is 5.32 Å². The lowest BCUT2D eigenvalue weighted by molar-refractivity contribution is 0.473. The molecule has 5 heteroatoms. The van der Waals surface area contributed by atoms with Gasteiger partial charge in [-0.2, -0.15) is 5.26 Å². The number of hydrogen-bond donors (Lipinski definition) is 3. The molecule has 0 amide bonds. The number of phenolic OH excluding ortho intramolecular Hbond substituents is 1. The molecular weight excluding hydrogens is 300 g/mol. The molecule has 0 fully saturated rings. The molecule has 0 radical (unpaired) electrons. The molecular formula is C19H16N4O.